The second-order valence-corrected chi connectivity index (χ2v) is 6.11. The van der Waals surface area contributed by atoms with Crippen LogP contribution in [-0.2, 0) is 16.0 Å². The lowest BCUT2D eigenvalue weighted by atomic mass is 9.91. The molecule has 1 fully saturated rings. The molecule has 2 aliphatic heterocycles. The van der Waals surface area contributed by atoms with E-state index in [9.17, 15) is 13.6 Å². The van der Waals surface area contributed by atoms with Gasteiger partial charge in [-0.25, -0.2) is 8.78 Å². The molecule has 120 valence electrons. The Bertz CT molecular complexity index is 576. The van der Waals surface area contributed by atoms with Crippen molar-refractivity contribution >= 4 is 11.6 Å². The Morgan fingerprint density at radius 3 is 3.00 bits per heavy atom. The SMILES string of the molecule is CC[C@H]1C[C@H](C(=O)N2CCCc3cc(F)cc(F)c32)CCO1. The minimum absolute atomic E-state index is 0.0480. The average molecular weight is 309 g/mol. The fraction of sp³-hybridized carbons (Fsp3) is 0.588. The summed E-state index contributed by atoms with van der Waals surface area (Å²) in [6.45, 7) is 3.11. The van der Waals surface area contributed by atoms with Gasteiger partial charge in [0.15, 0.2) is 0 Å². The highest BCUT2D eigenvalue weighted by Gasteiger charge is 2.34. The molecule has 0 saturated carbocycles. The van der Waals surface area contributed by atoms with Crippen LogP contribution in [0.1, 0.15) is 38.2 Å². The van der Waals surface area contributed by atoms with E-state index in [1.165, 1.54) is 11.0 Å². The van der Waals surface area contributed by atoms with Crippen LogP contribution in [0.4, 0.5) is 14.5 Å². The van der Waals surface area contributed by atoms with Gasteiger partial charge >= 0.3 is 0 Å². The summed E-state index contributed by atoms with van der Waals surface area (Å²) >= 11 is 0. The van der Waals surface area contributed by atoms with E-state index in [0.29, 0.717) is 38.0 Å². The maximum absolute atomic E-state index is 14.2. The molecule has 1 aromatic carbocycles. The van der Waals surface area contributed by atoms with E-state index in [2.05, 4.69) is 0 Å². The van der Waals surface area contributed by atoms with Crippen molar-refractivity contribution in [2.24, 2.45) is 5.92 Å². The summed E-state index contributed by atoms with van der Waals surface area (Å²) in [5.74, 6) is -1.40. The van der Waals surface area contributed by atoms with E-state index in [4.69, 9.17) is 4.74 Å². The van der Waals surface area contributed by atoms with E-state index in [0.717, 1.165) is 18.9 Å². The van der Waals surface area contributed by atoms with Gasteiger partial charge in [-0.05, 0) is 43.7 Å². The third kappa shape index (κ3) is 2.86. The number of ether oxygens (including phenoxy) is 1. The minimum Gasteiger partial charge on any atom is -0.378 e. The molecule has 3 nitrogen and oxygen atoms in total. The van der Waals surface area contributed by atoms with Gasteiger partial charge in [0.1, 0.15) is 11.6 Å². The van der Waals surface area contributed by atoms with Gasteiger partial charge in [-0.15, -0.1) is 0 Å². The van der Waals surface area contributed by atoms with E-state index in [1.807, 2.05) is 6.92 Å². The zero-order valence-electron chi connectivity index (χ0n) is 12.8. The first-order valence-corrected chi connectivity index (χ1v) is 8.01. The van der Waals surface area contributed by atoms with Crippen molar-refractivity contribution in [3.05, 3.63) is 29.3 Å². The lowest BCUT2D eigenvalue weighted by Gasteiger charge is -2.35. The number of carbonyl (C=O) groups is 1. The first kappa shape index (κ1) is 15.4. The normalized spacial score (nSPS) is 25.0. The molecule has 1 aromatic rings. The largest absolute Gasteiger partial charge is 0.378 e. The van der Waals surface area contributed by atoms with Crippen LogP contribution in [0.5, 0.6) is 0 Å². The van der Waals surface area contributed by atoms with Crippen molar-refractivity contribution in [1.82, 2.24) is 0 Å². The molecule has 0 bridgehead atoms. The van der Waals surface area contributed by atoms with Gasteiger partial charge in [0, 0.05) is 25.1 Å². The highest BCUT2D eigenvalue weighted by molar-refractivity contribution is 5.96. The number of anilines is 1. The summed E-state index contributed by atoms with van der Waals surface area (Å²) in [4.78, 5) is 14.3. The lowest BCUT2D eigenvalue weighted by molar-refractivity contribution is -0.127. The number of rotatable bonds is 2. The molecule has 0 N–H and O–H groups in total. The molecule has 0 radical (unpaired) electrons. The van der Waals surface area contributed by atoms with Gasteiger partial charge in [0.2, 0.25) is 5.91 Å². The highest BCUT2D eigenvalue weighted by atomic mass is 19.1. The fourth-order valence-corrected chi connectivity index (χ4v) is 3.48. The molecule has 5 heteroatoms. The fourth-order valence-electron chi connectivity index (χ4n) is 3.48. The number of amides is 1. The summed E-state index contributed by atoms with van der Waals surface area (Å²) in [7, 11) is 0. The number of benzene rings is 1. The summed E-state index contributed by atoms with van der Waals surface area (Å²) in [6, 6.07) is 2.21. The zero-order valence-corrected chi connectivity index (χ0v) is 12.8. The molecule has 1 saturated heterocycles. The van der Waals surface area contributed by atoms with E-state index in [1.54, 1.807) is 0 Å². The number of hydrogen-bond acceptors (Lipinski definition) is 2. The van der Waals surface area contributed by atoms with Crippen LogP contribution in [0.15, 0.2) is 12.1 Å². The number of fused-ring (bicyclic) bond motifs is 1. The number of carbonyl (C=O) groups excluding carboxylic acids is 1. The van der Waals surface area contributed by atoms with Crippen LogP contribution in [0.3, 0.4) is 0 Å². The Labute approximate surface area is 129 Å². The van der Waals surface area contributed by atoms with Crippen LogP contribution in [-0.4, -0.2) is 25.2 Å². The van der Waals surface area contributed by atoms with Crippen molar-refractivity contribution < 1.29 is 18.3 Å². The Kier molecular flexibility index (Phi) is 4.43. The third-order valence-corrected chi connectivity index (χ3v) is 4.64. The smallest absolute Gasteiger partial charge is 0.230 e. The summed E-state index contributed by atoms with van der Waals surface area (Å²) in [5.41, 5.74) is 0.869. The monoisotopic (exact) mass is 309 g/mol. The Morgan fingerprint density at radius 1 is 1.41 bits per heavy atom. The number of hydrogen-bond donors (Lipinski definition) is 0. The number of halogens is 2. The topological polar surface area (TPSA) is 29.5 Å². The predicted molar refractivity (Wildman–Crippen MR) is 79.8 cm³/mol. The van der Waals surface area contributed by atoms with Crippen molar-refractivity contribution in [3.63, 3.8) is 0 Å². The molecule has 1 amide bonds. The first-order valence-electron chi connectivity index (χ1n) is 8.01. The van der Waals surface area contributed by atoms with Gasteiger partial charge in [0.05, 0.1) is 11.8 Å². The molecular formula is C17H21F2NO2. The molecule has 22 heavy (non-hydrogen) atoms. The Balaban J connectivity index is 1.86. The summed E-state index contributed by atoms with van der Waals surface area (Å²) in [5, 5.41) is 0. The van der Waals surface area contributed by atoms with Crippen molar-refractivity contribution in [2.45, 2.75) is 45.1 Å². The zero-order chi connectivity index (χ0) is 15.7. The van der Waals surface area contributed by atoms with Crippen LogP contribution < -0.4 is 4.90 Å². The van der Waals surface area contributed by atoms with Crippen LogP contribution in [0.25, 0.3) is 0 Å². The average Bonchev–Trinajstić information content (AvgIpc) is 2.53. The van der Waals surface area contributed by atoms with Gasteiger partial charge < -0.3 is 9.64 Å². The van der Waals surface area contributed by atoms with Gasteiger partial charge in [-0.2, -0.15) is 0 Å². The maximum atomic E-state index is 14.2. The molecule has 2 aliphatic rings. The molecule has 3 rings (SSSR count). The van der Waals surface area contributed by atoms with Crippen LogP contribution in [0.2, 0.25) is 0 Å². The summed E-state index contributed by atoms with van der Waals surface area (Å²) < 4.78 is 33.2. The van der Waals surface area contributed by atoms with Gasteiger partial charge in [-0.3, -0.25) is 4.79 Å². The van der Waals surface area contributed by atoms with E-state index >= 15 is 0 Å². The van der Waals surface area contributed by atoms with Crippen LogP contribution in [0, 0.1) is 17.6 Å². The lowest BCUT2D eigenvalue weighted by Crippen LogP contribution is -2.43. The second kappa shape index (κ2) is 6.32. The second-order valence-electron chi connectivity index (χ2n) is 6.11. The number of nitrogens with zero attached hydrogens (tertiary/aromatic N) is 1. The quantitative estimate of drug-likeness (QED) is 0.837. The summed E-state index contributed by atoms with van der Waals surface area (Å²) in [6.07, 6.45) is 3.68. The Hall–Kier alpha value is -1.49. The standard InChI is InChI=1S/C17H21F2NO2/c1-2-14-9-12(5-7-22-14)17(21)20-6-3-4-11-8-13(18)10-15(19)16(11)20/h8,10,12,14H,2-7,9H2,1H3/t12-,14+/m1/s1. The highest BCUT2D eigenvalue weighted by Crippen LogP contribution is 2.34. The Morgan fingerprint density at radius 2 is 2.23 bits per heavy atom. The number of aryl methyl sites for hydroxylation is 1. The van der Waals surface area contributed by atoms with Crippen molar-refractivity contribution in [1.29, 1.82) is 0 Å². The molecule has 0 aliphatic carbocycles. The third-order valence-electron chi connectivity index (χ3n) is 4.64. The molecule has 0 aromatic heterocycles. The molecule has 2 atom stereocenters. The minimum atomic E-state index is -0.637. The van der Waals surface area contributed by atoms with Gasteiger partial charge in [0.25, 0.3) is 0 Å². The predicted octanol–water partition coefficient (Wildman–Crippen LogP) is 3.45. The molecule has 2 heterocycles. The molecular weight excluding hydrogens is 288 g/mol. The molecule has 0 spiro atoms. The first-order chi connectivity index (χ1) is 10.6. The van der Waals surface area contributed by atoms with Crippen LogP contribution >= 0.6 is 0 Å². The van der Waals surface area contributed by atoms with E-state index in [-0.39, 0.29) is 23.6 Å². The molecule has 0 unspecified atom stereocenters. The van der Waals surface area contributed by atoms with Crippen molar-refractivity contribution in [3.8, 4) is 0 Å². The van der Waals surface area contributed by atoms with E-state index < -0.39 is 11.6 Å². The van der Waals surface area contributed by atoms with Crippen molar-refractivity contribution in [2.75, 3.05) is 18.1 Å². The van der Waals surface area contributed by atoms with Gasteiger partial charge in [-0.1, -0.05) is 6.92 Å². The maximum Gasteiger partial charge on any atom is 0.230 e.